The first kappa shape index (κ1) is 10.9. The lowest BCUT2D eigenvalue weighted by molar-refractivity contribution is 0.443. The highest BCUT2D eigenvalue weighted by atomic mass is 35.5. The van der Waals surface area contributed by atoms with Crippen LogP contribution in [0.25, 0.3) is 5.78 Å². The fraction of sp³-hybridized carbons (Fsp3) is 0.0909. The highest BCUT2D eigenvalue weighted by molar-refractivity contribution is 6.29. The van der Waals surface area contributed by atoms with Crippen LogP contribution < -0.4 is 4.74 Å². The maximum absolute atomic E-state index is 5.71. The van der Waals surface area contributed by atoms with Gasteiger partial charge in [0.2, 0.25) is 5.88 Å². The molecule has 0 aliphatic heterocycles. The van der Waals surface area contributed by atoms with Gasteiger partial charge in [-0.1, -0.05) is 11.6 Å². The number of rotatable bonds is 2. The maximum Gasteiger partial charge on any atom is 0.255 e. The normalized spacial score (nSPS) is 10.8. The molecule has 0 unspecified atom stereocenters. The average molecular weight is 262 g/mol. The molecule has 0 bridgehead atoms. The number of fused-ring (bicyclic) bond motifs is 1. The molecule has 0 aliphatic carbocycles. The van der Waals surface area contributed by atoms with Gasteiger partial charge in [0.15, 0.2) is 0 Å². The maximum atomic E-state index is 5.71. The Morgan fingerprint density at radius 3 is 2.94 bits per heavy atom. The summed E-state index contributed by atoms with van der Waals surface area (Å²) in [5.41, 5.74) is 0.799. The zero-order chi connectivity index (χ0) is 12.5. The zero-order valence-corrected chi connectivity index (χ0v) is 10.2. The van der Waals surface area contributed by atoms with Crippen LogP contribution in [0.1, 0.15) is 5.69 Å². The molecule has 3 aromatic rings. The van der Waals surface area contributed by atoms with Crippen molar-refractivity contribution in [3.63, 3.8) is 0 Å². The molecule has 3 aromatic heterocycles. The lowest BCUT2D eigenvalue weighted by atomic mass is 10.4. The zero-order valence-electron chi connectivity index (χ0n) is 9.41. The van der Waals surface area contributed by atoms with E-state index in [2.05, 4.69) is 20.1 Å². The summed E-state index contributed by atoms with van der Waals surface area (Å²) in [5, 5.41) is 4.46. The average Bonchev–Trinajstić information content (AvgIpc) is 2.80. The summed E-state index contributed by atoms with van der Waals surface area (Å²) < 4.78 is 7.20. The predicted molar refractivity (Wildman–Crippen MR) is 64.8 cm³/mol. The number of pyridine rings is 1. The SMILES string of the molecule is Cc1cc(Oc2ccc(Cl)nc2)n2ncnc2n1. The van der Waals surface area contributed by atoms with E-state index in [0.29, 0.717) is 22.6 Å². The van der Waals surface area contributed by atoms with Gasteiger partial charge in [-0.25, -0.2) is 9.97 Å². The van der Waals surface area contributed by atoms with Crippen LogP contribution in [0, 0.1) is 6.92 Å². The van der Waals surface area contributed by atoms with Crippen LogP contribution >= 0.6 is 11.6 Å². The summed E-state index contributed by atoms with van der Waals surface area (Å²) >= 11 is 5.71. The summed E-state index contributed by atoms with van der Waals surface area (Å²) in [7, 11) is 0. The summed E-state index contributed by atoms with van der Waals surface area (Å²) in [5.74, 6) is 1.59. The van der Waals surface area contributed by atoms with E-state index in [4.69, 9.17) is 16.3 Å². The quantitative estimate of drug-likeness (QED) is 0.662. The molecule has 6 nitrogen and oxygen atoms in total. The van der Waals surface area contributed by atoms with Crippen molar-refractivity contribution < 1.29 is 4.74 Å². The number of hydrogen-bond acceptors (Lipinski definition) is 5. The molecule has 0 N–H and O–H groups in total. The fourth-order valence-electron chi connectivity index (χ4n) is 1.51. The van der Waals surface area contributed by atoms with Crippen molar-refractivity contribution in [2.45, 2.75) is 6.92 Å². The van der Waals surface area contributed by atoms with E-state index in [-0.39, 0.29) is 0 Å². The summed E-state index contributed by atoms with van der Waals surface area (Å²) in [6.45, 7) is 1.86. The lowest BCUT2D eigenvalue weighted by Crippen LogP contribution is -1.99. The van der Waals surface area contributed by atoms with Crippen molar-refractivity contribution in [1.29, 1.82) is 0 Å². The number of ether oxygens (including phenoxy) is 1. The molecule has 0 amide bonds. The number of aryl methyl sites for hydroxylation is 1. The Labute approximate surface area is 107 Å². The van der Waals surface area contributed by atoms with Crippen molar-refractivity contribution in [3.05, 3.63) is 41.6 Å². The second-order valence-corrected chi connectivity index (χ2v) is 4.01. The molecule has 0 aliphatic rings. The largest absolute Gasteiger partial charge is 0.437 e. The van der Waals surface area contributed by atoms with E-state index in [1.54, 1.807) is 24.4 Å². The molecule has 0 fully saturated rings. The van der Waals surface area contributed by atoms with Crippen molar-refractivity contribution in [1.82, 2.24) is 24.6 Å². The Balaban J connectivity index is 2.03. The Kier molecular flexibility index (Phi) is 2.56. The molecular formula is C11H8ClN5O. The van der Waals surface area contributed by atoms with E-state index < -0.39 is 0 Å². The van der Waals surface area contributed by atoms with Crippen LogP contribution in [-0.2, 0) is 0 Å². The Hall–Kier alpha value is -2.21. The van der Waals surface area contributed by atoms with Crippen LogP contribution in [0.2, 0.25) is 5.15 Å². The van der Waals surface area contributed by atoms with E-state index in [1.807, 2.05) is 6.92 Å². The van der Waals surface area contributed by atoms with Gasteiger partial charge < -0.3 is 4.74 Å². The smallest absolute Gasteiger partial charge is 0.255 e. The molecule has 0 spiro atoms. The van der Waals surface area contributed by atoms with Gasteiger partial charge in [-0.3, -0.25) is 0 Å². The third-order valence-electron chi connectivity index (χ3n) is 2.27. The van der Waals surface area contributed by atoms with E-state index >= 15 is 0 Å². The van der Waals surface area contributed by atoms with Crippen molar-refractivity contribution in [2.75, 3.05) is 0 Å². The molecular weight excluding hydrogens is 254 g/mol. The van der Waals surface area contributed by atoms with E-state index in [0.717, 1.165) is 5.69 Å². The van der Waals surface area contributed by atoms with Crippen molar-refractivity contribution >= 4 is 17.4 Å². The summed E-state index contributed by atoms with van der Waals surface area (Å²) in [6, 6.07) is 5.16. The van der Waals surface area contributed by atoms with Gasteiger partial charge in [-0.15, -0.1) is 0 Å². The molecule has 7 heteroatoms. The second-order valence-electron chi connectivity index (χ2n) is 3.63. The Morgan fingerprint density at radius 1 is 1.28 bits per heavy atom. The van der Waals surface area contributed by atoms with E-state index in [9.17, 15) is 0 Å². The second kappa shape index (κ2) is 4.23. The first-order chi connectivity index (χ1) is 8.72. The highest BCUT2D eigenvalue weighted by Gasteiger charge is 2.07. The molecule has 0 saturated heterocycles. The topological polar surface area (TPSA) is 65.2 Å². The Bertz CT molecular complexity index is 694. The molecule has 0 aromatic carbocycles. The third-order valence-corrected chi connectivity index (χ3v) is 2.49. The number of aromatic nitrogens is 5. The molecule has 0 saturated carbocycles. The fourth-order valence-corrected chi connectivity index (χ4v) is 1.62. The number of halogens is 1. The van der Waals surface area contributed by atoms with Gasteiger partial charge in [0.1, 0.15) is 17.2 Å². The summed E-state index contributed by atoms with van der Waals surface area (Å²) in [4.78, 5) is 12.2. The van der Waals surface area contributed by atoms with Crippen LogP contribution in [0.5, 0.6) is 11.6 Å². The van der Waals surface area contributed by atoms with Gasteiger partial charge in [-0.05, 0) is 19.1 Å². The molecule has 0 radical (unpaired) electrons. The van der Waals surface area contributed by atoms with Crippen LogP contribution in [-0.4, -0.2) is 24.6 Å². The minimum absolute atomic E-state index is 0.416. The molecule has 18 heavy (non-hydrogen) atoms. The number of hydrogen-bond donors (Lipinski definition) is 0. The highest BCUT2D eigenvalue weighted by Crippen LogP contribution is 2.21. The minimum Gasteiger partial charge on any atom is -0.437 e. The summed E-state index contributed by atoms with van der Waals surface area (Å²) in [6.07, 6.45) is 2.97. The molecule has 90 valence electrons. The van der Waals surface area contributed by atoms with Gasteiger partial charge in [-0.2, -0.15) is 14.6 Å². The number of nitrogens with zero attached hydrogens (tertiary/aromatic N) is 5. The molecule has 3 rings (SSSR count). The standard InChI is InChI=1S/C11H8ClN5O/c1-7-4-10(17-11(16-7)14-6-15-17)18-8-2-3-9(12)13-5-8/h2-6H,1H3. The molecule has 0 atom stereocenters. The Morgan fingerprint density at radius 2 is 2.17 bits per heavy atom. The molecule has 3 heterocycles. The lowest BCUT2D eigenvalue weighted by Gasteiger charge is -2.07. The van der Waals surface area contributed by atoms with Crippen molar-refractivity contribution in [3.8, 4) is 11.6 Å². The minimum atomic E-state index is 0.416. The van der Waals surface area contributed by atoms with E-state index in [1.165, 1.54) is 10.8 Å². The first-order valence-corrected chi connectivity index (χ1v) is 5.57. The predicted octanol–water partition coefficient (Wildman–Crippen LogP) is 2.27. The van der Waals surface area contributed by atoms with Gasteiger partial charge >= 0.3 is 0 Å². The monoisotopic (exact) mass is 261 g/mol. The van der Waals surface area contributed by atoms with Gasteiger partial charge in [0, 0.05) is 11.8 Å². The van der Waals surface area contributed by atoms with Crippen molar-refractivity contribution in [2.24, 2.45) is 0 Å². The van der Waals surface area contributed by atoms with Crippen LogP contribution in [0.3, 0.4) is 0 Å². The van der Waals surface area contributed by atoms with Gasteiger partial charge in [0.05, 0.1) is 6.20 Å². The van der Waals surface area contributed by atoms with Crippen LogP contribution in [0.15, 0.2) is 30.7 Å². The van der Waals surface area contributed by atoms with Crippen LogP contribution in [0.4, 0.5) is 0 Å². The third kappa shape index (κ3) is 1.98. The van der Waals surface area contributed by atoms with Gasteiger partial charge in [0.25, 0.3) is 5.78 Å². The first-order valence-electron chi connectivity index (χ1n) is 5.19.